The standard InChI is InChI=1S/C14H15BrN2OS/c15-12-6-7-19-14(12)13(17-16)9-2-1-3-11(8-9)18-10-4-5-10/h1-3,6-8,10,13,17H,4-5,16H2. The molecule has 0 amide bonds. The third kappa shape index (κ3) is 3.00. The maximum Gasteiger partial charge on any atom is 0.120 e. The van der Waals surface area contributed by atoms with Crippen molar-refractivity contribution >= 4 is 27.3 Å². The molecule has 1 atom stereocenters. The van der Waals surface area contributed by atoms with Gasteiger partial charge < -0.3 is 4.74 Å². The van der Waals surface area contributed by atoms with Crippen LogP contribution < -0.4 is 16.0 Å². The van der Waals surface area contributed by atoms with Gasteiger partial charge in [-0.15, -0.1) is 11.3 Å². The van der Waals surface area contributed by atoms with E-state index in [1.165, 1.54) is 17.7 Å². The Morgan fingerprint density at radius 2 is 2.21 bits per heavy atom. The van der Waals surface area contributed by atoms with Gasteiger partial charge in [0.15, 0.2) is 0 Å². The molecule has 3 nitrogen and oxygen atoms in total. The lowest BCUT2D eigenvalue weighted by atomic mass is 10.1. The van der Waals surface area contributed by atoms with Gasteiger partial charge in [0, 0.05) is 9.35 Å². The summed E-state index contributed by atoms with van der Waals surface area (Å²) in [6, 6.07) is 10.2. The quantitative estimate of drug-likeness (QED) is 0.646. The van der Waals surface area contributed by atoms with Crippen molar-refractivity contribution in [1.29, 1.82) is 0 Å². The van der Waals surface area contributed by atoms with Crippen LogP contribution in [0.2, 0.25) is 0 Å². The summed E-state index contributed by atoms with van der Waals surface area (Å²) in [5.41, 5.74) is 4.00. The average Bonchev–Trinajstić information content (AvgIpc) is 3.13. The molecular weight excluding hydrogens is 324 g/mol. The van der Waals surface area contributed by atoms with Crippen LogP contribution in [-0.4, -0.2) is 6.10 Å². The lowest BCUT2D eigenvalue weighted by Crippen LogP contribution is -2.28. The maximum absolute atomic E-state index is 5.83. The molecule has 19 heavy (non-hydrogen) atoms. The number of nitrogens with two attached hydrogens (primary N) is 1. The Morgan fingerprint density at radius 1 is 1.37 bits per heavy atom. The van der Waals surface area contributed by atoms with E-state index in [4.69, 9.17) is 10.6 Å². The van der Waals surface area contributed by atoms with E-state index in [0.717, 1.165) is 15.8 Å². The molecule has 1 aliphatic carbocycles. The lowest BCUT2D eigenvalue weighted by molar-refractivity contribution is 0.302. The fraction of sp³-hybridized carbons (Fsp3) is 0.286. The second-order valence-corrected chi connectivity index (χ2v) is 6.42. The molecule has 1 aliphatic rings. The van der Waals surface area contributed by atoms with Crippen LogP contribution in [0.15, 0.2) is 40.2 Å². The summed E-state index contributed by atoms with van der Waals surface area (Å²) in [7, 11) is 0. The largest absolute Gasteiger partial charge is 0.490 e. The molecule has 5 heteroatoms. The maximum atomic E-state index is 5.83. The number of hydrogen-bond donors (Lipinski definition) is 2. The first kappa shape index (κ1) is 13.1. The number of hydrogen-bond acceptors (Lipinski definition) is 4. The van der Waals surface area contributed by atoms with Crippen LogP contribution in [-0.2, 0) is 0 Å². The third-order valence-electron chi connectivity index (χ3n) is 3.09. The third-order valence-corrected chi connectivity index (χ3v) is 5.03. The van der Waals surface area contributed by atoms with E-state index in [1.807, 2.05) is 23.6 Å². The summed E-state index contributed by atoms with van der Waals surface area (Å²) in [5.74, 6) is 6.65. The van der Waals surface area contributed by atoms with Gasteiger partial charge in [-0.05, 0) is 57.9 Å². The molecule has 1 unspecified atom stereocenters. The highest BCUT2D eigenvalue weighted by Crippen LogP contribution is 2.34. The molecule has 0 aliphatic heterocycles. The first-order chi connectivity index (χ1) is 9.28. The van der Waals surface area contributed by atoms with Crippen molar-refractivity contribution in [1.82, 2.24) is 5.43 Å². The number of ether oxygens (including phenoxy) is 1. The van der Waals surface area contributed by atoms with Crippen molar-refractivity contribution in [3.8, 4) is 5.75 Å². The molecular formula is C14H15BrN2OS. The van der Waals surface area contributed by atoms with Crippen LogP contribution in [0.25, 0.3) is 0 Å². The summed E-state index contributed by atoms with van der Waals surface area (Å²) < 4.78 is 6.91. The molecule has 1 fully saturated rings. The minimum Gasteiger partial charge on any atom is -0.490 e. The number of thiophene rings is 1. The van der Waals surface area contributed by atoms with Gasteiger partial charge in [-0.2, -0.15) is 0 Å². The molecule has 1 aromatic carbocycles. The van der Waals surface area contributed by atoms with E-state index >= 15 is 0 Å². The molecule has 0 saturated heterocycles. The Hall–Kier alpha value is -0.880. The normalized spacial score (nSPS) is 16.3. The van der Waals surface area contributed by atoms with E-state index in [0.29, 0.717) is 6.10 Å². The first-order valence-corrected chi connectivity index (χ1v) is 7.91. The van der Waals surface area contributed by atoms with Crippen molar-refractivity contribution in [2.45, 2.75) is 25.0 Å². The van der Waals surface area contributed by atoms with Crippen LogP contribution >= 0.6 is 27.3 Å². The average molecular weight is 339 g/mol. The molecule has 1 heterocycles. The monoisotopic (exact) mass is 338 g/mol. The van der Waals surface area contributed by atoms with Crippen molar-refractivity contribution in [2.75, 3.05) is 0 Å². The van der Waals surface area contributed by atoms with Gasteiger partial charge in [0.2, 0.25) is 0 Å². The van der Waals surface area contributed by atoms with Gasteiger partial charge in [0.1, 0.15) is 5.75 Å². The number of halogens is 1. The van der Waals surface area contributed by atoms with Crippen LogP contribution in [0.3, 0.4) is 0 Å². The Morgan fingerprint density at radius 3 is 2.84 bits per heavy atom. The SMILES string of the molecule is NNC(c1cccc(OC2CC2)c1)c1sccc1Br. The van der Waals surface area contributed by atoms with Gasteiger partial charge >= 0.3 is 0 Å². The van der Waals surface area contributed by atoms with E-state index in [-0.39, 0.29) is 6.04 Å². The van der Waals surface area contributed by atoms with Gasteiger partial charge in [0.05, 0.1) is 12.1 Å². The molecule has 100 valence electrons. The smallest absolute Gasteiger partial charge is 0.120 e. The van der Waals surface area contributed by atoms with Gasteiger partial charge in [0.25, 0.3) is 0 Å². The van der Waals surface area contributed by atoms with Crippen LogP contribution in [0.5, 0.6) is 5.75 Å². The van der Waals surface area contributed by atoms with Gasteiger partial charge in [-0.3, -0.25) is 5.84 Å². The molecule has 0 spiro atoms. The lowest BCUT2D eigenvalue weighted by Gasteiger charge is -2.16. The Kier molecular flexibility index (Phi) is 3.88. The van der Waals surface area contributed by atoms with Crippen LogP contribution in [0, 0.1) is 0 Å². The van der Waals surface area contributed by atoms with Crippen molar-refractivity contribution in [2.24, 2.45) is 5.84 Å². The summed E-state index contributed by atoms with van der Waals surface area (Å²) in [5, 5.41) is 2.05. The highest BCUT2D eigenvalue weighted by molar-refractivity contribution is 9.10. The molecule has 1 aromatic heterocycles. The van der Waals surface area contributed by atoms with E-state index in [1.54, 1.807) is 11.3 Å². The predicted octanol–water partition coefficient (Wildman–Crippen LogP) is 3.60. The molecule has 3 N–H and O–H groups in total. The Labute approximate surface area is 124 Å². The van der Waals surface area contributed by atoms with Crippen molar-refractivity contribution in [3.05, 3.63) is 50.6 Å². The van der Waals surface area contributed by atoms with E-state index in [2.05, 4.69) is 33.5 Å². The Balaban J connectivity index is 1.88. The zero-order valence-corrected chi connectivity index (χ0v) is 12.7. The van der Waals surface area contributed by atoms with Crippen molar-refractivity contribution < 1.29 is 4.74 Å². The fourth-order valence-corrected chi connectivity index (χ4v) is 3.67. The number of benzene rings is 1. The second-order valence-electron chi connectivity index (χ2n) is 4.62. The zero-order chi connectivity index (χ0) is 13.2. The molecule has 3 rings (SSSR count). The fourth-order valence-electron chi connectivity index (χ4n) is 1.98. The predicted molar refractivity (Wildman–Crippen MR) is 81.3 cm³/mol. The van der Waals surface area contributed by atoms with E-state index in [9.17, 15) is 0 Å². The second kappa shape index (κ2) is 5.63. The highest BCUT2D eigenvalue weighted by atomic mass is 79.9. The van der Waals surface area contributed by atoms with Gasteiger partial charge in [-0.25, -0.2) is 5.43 Å². The number of nitrogens with one attached hydrogen (secondary N) is 1. The summed E-state index contributed by atoms with van der Waals surface area (Å²) in [6.07, 6.45) is 2.74. The van der Waals surface area contributed by atoms with Crippen LogP contribution in [0.4, 0.5) is 0 Å². The molecule has 2 aromatic rings. The topological polar surface area (TPSA) is 47.3 Å². The van der Waals surface area contributed by atoms with Crippen LogP contribution in [0.1, 0.15) is 29.3 Å². The van der Waals surface area contributed by atoms with Crippen molar-refractivity contribution in [3.63, 3.8) is 0 Å². The minimum atomic E-state index is -0.0165. The molecule has 1 saturated carbocycles. The summed E-state index contributed by atoms with van der Waals surface area (Å²) in [6.45, 7) is 0. The Bertz CT molecular complexity index is 568. The van der Waals surface area contributed by atoms with Gasteiger partial charge in [-0.1, -0.05) is 12.1 Å². The van der Waals surface area contributed by atoms with E-state index < -0.39 is 0 Å². The number of hydrazine groups is 1. The zero-order valence-electron chi connectivity index (χ0n) is 10.3. The minimum absolute atomic E-state index is 0.0165. The summed E-state index contributed by atoms with van der Waals surface area (Å²) >= 11 is 5.24. The number of rotatable bonds is 5. The highest BCUT2D eigenvalue weighted by Gasteiger charge is 2.24. The summed E-state index contributed by atoms with van der Waals surface area (Å²) in [4.78, 5) is 1.17. The molecule has 0 radical (unpaired) electrons. The molecule has 0 bridgehead atoms. The first-order valence-electron chi connectivity index (χ1n) is 6.23.